The number of thiazole rings is 1. The van der Waals surface area contributed by atoms with Crippen LogP contribution in [0.4, 0.5) is 9.93 Å². The molecule has 2 atom stereocenters. The molecule has 36 heavy (non-hydrogen) atoms. The summed E-state index contributed by atoms with van der Waals surface area (Å²) in [5.74, 6) is -1.68. The lowest BCUT2D eigenvalue weighted by atomic mass is 9.76. The fourth-order valence-corrected chi connectivity index (χ4v) is 4.97. The largest absolute Gasteiger partial charge is 0.465 e. The van der Waals surface area contributed by atoms with E-state index in [0.29, 0.717) is 18.5 Å². The fraction of sp³-hybridized carbons (Fsp3) is 0.440. The number of amides is 2. The van der Waals surface area contributed by atoms with Crippen molar-refractivity contribution in [3.05, 3.63) is 48.4 Å². The van der Waals surface area contributed by atoms with Crippen LogP contribution in [0.1, 0.15) is 47.0 Å². The molecule has 0 radical (unpaired) electrons. The van der Waals surface area contributed by atoms with Crippen LogP contribution in [0.3, 0.4) is 0 Å². The average Bonchev–Trinajstić information content (AvgIpc) is 3.53. The zero-order chi connectivity index (χ0) is 26.3. The molecule has 3 aromatic heterocycles. The minimum Gasteiger partial charge on any atom is -0.465 e. The van der Waals surface area contributed by atoms with Crippen molar-refractivity contribution in [3.63, 3.8) is 0 Å². The van der Waals surface area contributed by atoms with E-state index in [0.717, 1.165) is 16.9 Å². The summed E-state index contributed by atoms with van der Waals surface area (Å²) in [6.07, 6.45) is 7.12. The maximum absolute atomic E-state index is 13.5. The van der Waals surface area contributed by atoms with Gasteiger partial charge in [0.1, 0.15) is 6.04 Å². The molecule has 192 valence electrons. The summed E-state index contributed by atoms with van der Waals surface area (Å²) >= 11 is 1.18. The Balaban J connectivity index is 1.92. The molecule has 3 heterocycles. The van der Waals surface area contributed by atoms with Gasteiger partial charge in [-0.2, -0.15) is 5.10 Å². The van der Waals surface area contributed by atoms with E-state index in [4.69, 9.17) is 0 Å². The second kappa shape index (κ2) is 11.9. The van der Waals surface area contributed by atoms with Crippen molar-refractivity contribution >= 4 is 34.3 Å². The molecule has 0 fully saturated rings. The smallest absolute Gasteiger partial charge is 0.408 e. The van der Waals surface area contributed by atoms with E-state index in [1.54, 1.807) is 28.7 Å². The normalized spacial score (nSPS) is 13.1. The first-order chi connectivity index (χ1) is 17.2. The average molecular weight is 513 g/mol. The molecule has 0 bridgehead atoms. The first-order valence-corrected chi connectivity index (χ1v) is 12.8. The van der Waals surface area contributed by atoms with E-state index in [1.165, 1.54) is 17.5 Å². The molecular formula is C25H32N6O4S. The Bertz CT molecular complexity index is 1160. The lowest BCUT2D eigenvalue weighted by molar-refractivity contribution is -0.141. The summed E-state index contributed by atoms with van der Waals surface area (Å²) in [5, 5.41) is 19.4. The molecule has 0 aliphatic rings. The Morgan fingerprint density at radius 1 is 1.22 bits per heavy atom. The zero-order valence-electron chi connectivity index (χ0n) is 20.9. The summed E-state index contributed by atoms with van der Waals surface area (Å²) in [4.78, 5) is 48.4. The van der Waals surface area contributed by atoms with Gasteiger partial charge in [0.05, 0.1) is 18.3 Å². The van der Waals surface area contributed by atoms with Crippen LogP contribution in [-0.4, -0.2) is 59.6 Å². The molecule has 10 nitrogen and oxygen atoms in total. The maximum Gasteiger partial charge on any atom is 0.408 e. The molecule has 0 spiro atoms. The van der Waals surface area contributed by atoms with Crippen LogP contribution in [0.2, 0.25) is 0 Å². The number of carbonyl (C=O) groups is 3. The van der Waals surface area contributed by atoms with Crippen molar-refractivity contribution in [2.45, 2.75) is 65.6 Å². The molecule has 11 heteroatoms. The molecule has 3 rings (SSSR count). The number of pyridine rings is 1. The Labute approximate surface area is 214 Å². The van der Waals surface area contributed by atoms with Gasteiger partial charge in [-0.1, -0.05) is 34.1 Å². The Morgan fingerprint density at radius 2 is 2.00 bits per heavy atom. The topological polar surface area (TPSA) is 130 Å². The number of rotatable bonds is 12. The second-order valence-electron chi connectivity index (χ2n) is 9.21. The zero-order valence-corrected chi connectivity index (χ0v) is 21.7. The minimum atomic E-state index is -1.26. The molecule has 0 aliphatic carbocycles. The van der Waals surface area contributed by atoms with Crippen LogP contribution in [-0.2, 0) is 16.1 Å². The van der Waals surface area contributed by atoms with E-state index in [2.05, 4.69) is 20.4 Å². The van der Waals surface area contributed by atoms with E-state index in [9.17, 15) is 19.5 Å². The highest BCUT2D eigenvalue weighted by molar-refractivity contribution is 7.13. The molecule has 0 aromatic carbocycles. The lowest BCUT2D eigenvalue weighted by Crippen LogP contribution is -2.59. The number of nitrogens with zero attached hydrogens (tertiary/aromatic N) is 5. The highest BCUT2D eigenvalue weighted by atomic mass is 32.1. The van der Waals surface area contributed by atoms with Crippen LogP contribution < -0.4 is 5.32 Å². The summed E-state index contributed by atoms with van der Waals surface area (Å²) in [6, 6.07) is 3.76. The molecule has 0 aliphatic heterocycles. The van der Waals surface area contributed by atoms with E-state index < -0.39 is 35.3 Å². The maximum atomic E-state index is 13.5. The Morgan fingerprint density at radius 3 is 2.58 bits per heavy atom. The quantitative estimate of drug-likeness (QED) is 0.340. The van der Waals surface area contributed by atoms with Gasteiger partial charge in [0.25, 0.3) is 5.91 Å². The number of nitrogens with one attached hydrogen (secondary N) is 1. The number of carbonyl (C=O) groups excluding carboxylic acids is 2. The van der Waals surface area contributed by atoms with E-state index in [-0.39, 0.29) is 11.7 Å². The highest BCUT2D eigenvalue weighted by Gasteiger charge is 2.46. The van der Waals surface area contributed by atoms with Gasteiger partial charge in [-0.15, -0.1) is 11.3 Å². The molecule has 3 aromatic rings. The lowest BCUT2D eigenvalue weighted by Gasteiger charge is -2.42. The van der Waals surface area contributed by atoms with Gasteiger partial charge in [-0.25, -0.2) is 9.78 Å². The van der Waals surface area contributed by atoms with Gasteiger partial charge in [0.2, 0.25) is 5.78 Å². The van der Waals surface area contributed by atoms with Crippen molar-refractivity contribution in [3.8, 4) is 11.3 Å². The van der Waals surface area contributed by atoms with Crippen LogP contribution in [0.15, 0.2) is 48.4 Å². The fourth-order valence-electron chi connectivity index (χ4n) is 4.45. The SMILES string of the molecule is CCCC(C)(C)[C@@H](C(=O)C(=O)Nc1nccs1)N(C(=O)O)[C@@H](CC)Cn1ccc(-c2cccnc2)n1. The van der Waals surface area contributed by atoms with Crippen LogP contribution >= 0.6 is 11.3 Å². The van der Waals surface area contributed by atoms with Gasteiger partial charge in [-0.05, 0) is 36.5 Å². The Hall–Kier alpha value is -3.60. The van der Waals surface area contributed by atoms with Crippen molar-refractivity contribution in [2.24, 2.45) is 5.41 Å². The van der Waals surface area contributed by atoms with Gasteiger partial charge >= 0.3 is 6.09 Å². The number of aromatic nitrogens is 4. The molecule has 2 N–H and O–H groups in total. The first kappa shape index (κ1) is 27.0. The summed E-state index contributed by atoms with van der Waals surface area (Å²) in [5.41, 5.74) is 0.764. The van der Waals surface area contributed by atoms with Crippen LogP contribution in [0.5, 0.6) is 0 Å². The number of anilines is 1. The summed E-state index contributed by atoms with van der Waals surface area (Å²) in [6.45, 7) is 7.70. The molecule has 2 amide bonds. The Kier molecular flexibility index (Phi) is 8.92. The van der Waals surface area contributed by atoms with E-state index >= 15 is 0 Å². The van der Waals surface area contributed by atoms with Crippen molar-refractivity contribution in [2.75, 3.05) is 5.32 Å². The number of hydrogen-bond donors (Lipinski definition) is 2. The van der Waals surface area contributed by atoms with Gasteiger partial charge in [0, 0.05) is 35.7 Å². The van der Waals surface area contributed by atoms with E-state index in [1.807, 2.05) is 45.9 Å². The third-order valence-electron chi connectivity index (χ3n) is 6.12. The van der Waals surface area contributed by atoms with Gasteiger partial charge < -0.3 is 5.11 Å². The second-order valence-corrected chi connectivity index (χ2v) is 10.1. The number of ketones is 1. The number of Topliss-reactive ketones (excluding diaryl/α,β-unsaturated/α-hetero) is 1. The summed E-state index contributed by atoms with van der Waals surface area (Å²) < 4.78 is 1.66. The molecule has 0 saturated heterocycles. The predicted octanol–water partition coefficient (Wildman–Crippen LogP) is 4.56. The standard InChI is InChI=1S/C25H32N6O4S/c1-5-10-25(3,4)21(20(32)22(33)28-23-27-12-14-36-23)31(24(34)35)18(6-2)16-30-13-9-19(29-30)17-8-7-11-26-15-17/h7-9,11-15,18,21H,5-6,10,16H2,1-4H3,(H,34,35)(H,27,28,33)/t18-,21+/m0/s1. The van der Waals surface area contributed by atoms with Gasteiger partial charge in [-0.3, -0.25) is 29.5 Å². The third kappa shape index (κ3) is 6.34. The number of carboxylic acid groups (broad SMARTS) is 1. The monoisotopic (exact) mass is 512 g/mol. The molecule has 0 unspecified atom stereocenters. The van der Waals surface area contributed by atoms with Crippen molar-refractivity contribution in [1.82, 2.24) is 24.6 Å². The first-order valence-electron chi connectivity index (χ1n) is 11.9. The predicted molar refractivity (Wildman–Crippen MR) is 138 cm³/mol. The van der Waals surface area contributed by atoms with Crippen LogP contribution in [0.25, 0.3) is 11.3 Å². The molecule has 0 saturated carbocycles. The van der Waals surface area contributed by atoms with Gasteiger partial charge in [0.15, 0.2) is 5.13 Å². The van der Waals surface area contributed by atoms with Crippen molar-refractivity contribution in [1.29, 1.82) is 0 Å². The highest BCUT2D eigenvalue weighted by Crippen LogP contribution is 2.34. The van der Waals surface area contributed by atoms with Crippen LogP contribution in [0, 0.1) is 5.41 Å². The number of hydrogen-bond acceptors (Lipinski definition) is 7. The minimum absolute atomic E-state index is 0.225. The summed E-state index contributed by atoms with van der Waals surface area (Å²) in [7, 11) is 0. The molecular weight excluding hydrogens is 480 g/mol. The third-order valence-corrected chi connectivity index (χ3v) is 6.81. The van der Waals surface area contributed by atoms with Crippen molar-refractivity contribution < 1.29 is 19.5 Å².